The minimum atomic E-state index is -1.07. The maximum atomic E-state index is 11.0. The van der Waals surface area contributed by atoms with Crippen molar-refractivity contribution in [3.05, 3.63) is 17.6 Å². The Morgan fingerprint density at radius 2 is 2.00 bits per heavy atom. The van der Waals surface area contributed by atoms with Gasteiger partial charge in [-0.25, -0.2) is 14.8 Å². The summed E-state index contributed by atoms with van der Waals surface area (Å²) in [5, 5.41) is 8.98. The summed E-state index contributed by atoms with van der Waals surface area (Å²) in [6, 6.07) is 2.32. The number of nitrogens with zero attached hydrogens (tertiary/aromatic N) is 3. The predicted molar refractivity (Wildman–Crippen MR) is 69.0 cm³/mol. The van der Waals surface area contributed by atoms with Gasteiger partial charge in [0.2, 0.25) is 5.82 Å². The van der Waals surface area contributed by atoms with Crippen LogP contribution in [0.25, 0.3) is 0 Å². The molecule has 0 atom stereocenters. The third-order valence-corrected chi connectivity index (χ3v) is 3.52. The zero-order valence-corrected chi connectivity index (χ0v) is 10.9. The van der Waals surface area contributed by atoms with Crippen LogP contribution in [-0.2, 0) is 0 Å². The molecule has 0 saturated heterocycles. The molecule has 5 nitrogen and oxygen atoms in total. The van der Waals surface area contributed by atoms with Gasteiger partial charge in [-0.3, -0.25) is 0 Å². The number of carboxylic acids is 1. The summed E-state index contributed by atoms with van der Waals surface area (Å²) < 4.78 is 0. The molecule has 5 heteroatoms. The molecule has 0 spiro atoms. The Morgan fingerprint density at radius 3 is 2.61 bits per heavy atom. The lowest BCUT2D eigenvalue weighted by molar-refractivity contribution is 0.0683. The van der Waals surface area contributed by atoms with Gasteiger partial charge in [-0.2, -0.15) is 0 Å². The molecule has 0 radical (unpaired) electrons. The molecule has 1 N–H and O–H groups in total. The molecule has 1 aliphatic carbocycles. The van der Waals surface area contributed by atoms with Crippen LogP contribution in [0, 0.1) is 6.92 Å². The van der Waals surface area contributed by atoms with Gasteiger partial charge in [0, 0.05) is 24.8 Å². The van der Waals surface area contributed by atoms with Crippen LogP contribution in [0.5, 0.6) is 0 Å². The maximum Gasteiger partial charge on any atom is 0.374 e. The molecular formula is C13H19N3O2. The number of rotatable bonds is 3. The quantitative estimate of drug-likeness (QED) is 0.890. The van der Waals surface area contributed by atoms with E-state index in [0.29, 0.717) is 17.6 Å². The van der Waals surface area contributed by atoms with E-state index in [4.69, 9.17) is 5.11 Å². The van der Waals surface area contributed by atoms with Crippen molar-refractivity contribution in [2.75, 3.05) is 11.9 Å². The number of carboxylic acid groups (broad SMARTS) is 1. The van der Waals surface area contributed by atoms with Crippen LogP contribution in [0.3, 0.4) is 0 Å². The number of aromatic nitrogens is 2. The number of hydrogen-bond donors (Lipinski definition) is 1. The van der Waals surface area contributed by atoms with Crippen LogP contribution in [0.1, 0.15) is 48.4 Å². The molecule has 0 aromatic carbocycles. The number of anilines is 1. The first-order valence-electron chi connectivity index (χ1n) is 6.40. The topological polar surface area (TPSA) is 66.3 Å². The minimum Gasteiger partial charge on any atom is -0.475 e. The van der Waals surface area contributed by atoms with Crippen LogP contribution in [0.2, 0.25) is 0 Å². The van der Waals surface area contributed by atoms with Crippen LogP contribution < -0.4 is 4.90 Å². The van der Waals surface area contributed by atoms with Crippen LogP contribution in [-0.4, -0.2) is 34.1 Å². The SMILES string of the molecule is Cc1cc(N(C)C2CCCCC2)nc(C(=O)O)n1. The van der Waals surface area contributed by atoms with E-state index in [1.165, 1.54) is 19.3 Å². The summed E-state index contributed by atoms with van der Waals surface area (Å²) in [5.41, 5.74) is 0.694. The van der Waals surface area contributed by atoms with E-state index in [1.54, 1.807) is 6.92 Å². The number of carbonyl (C=O) groups is 1. The predicted octanol–water partition coefficient (Wildman–Crippen LogP) is 2.25. The van der Waals surface area contributed by atoms with E-state index >= 15 is 0 Å². The van der Waals surface area contributed by atoms with Gasteiger partial charge < -0.3 is 10.0 Å². The van der Waals surface area contributed by atoms with E-state index in [-0.39, 0.29) is 5.82 Å². The Morgan fingerprint density at radius 1 is 1.33 bits per heavy atom. The average molecular weight is 249 g/mol. The lowest BCUT2D eigenvalue weighted by Gasteiger charge is -2.32. The zero-order valence-electron chi connectivity index (χ0n) is 10.9. The normalized spacial score (nSPS) is 16.6. The Balaban J connectivity index is 2.23. The average Bonchev–Trinajstić information content (AvgIpc) is 2.38. The highest BCUT2D eigenvalue weighted by Gasteiger charge is 2.20. The fourth-order valence-electron chi connectivity index (χ4n) is 2.48. The molecule has 1 heterocycles. The second kappa shape index (κ2) is 5.33. The lowest BCUT2D eigenvalue weighted by atomic mass is 9.94. The van der Waals surface area contributed by atoms with E-state index in [1.807, 2.05) is 13.1 Å². The third-order valence-electron chi connectivity index (χ3n) is 3.52. The largest absolute Gasteiger partial charge is 0.475 e. The molecule has 2 rings (SSSR count). The van der Waals surface area contributed by atoms with Gasteiger partial charge in [-0.1, -0.05) is 19.3 Å². The molecule has 1 aromatic heterocycles. The van der Waals surface area contributed by atoms with Crippen molar-refractivity contribution in [2.45, 2.75) is 45.1 Å². The van der Waals surface area contributed by atoms with Crippen molar-refractivity contribution in [1.29, 1.82) is 0 Å². The van der Waals surface area contributed by atoms with Crippen LogP contribution >= 0.6 is 0 Å². The smallest absolute Gasteiger partial charge is 0.374 e. The first-order valence-corrected chi connectivity index (χ1v) is 6.40. The highest BCUT2D eigenvalue weighted by molar-refractivity contribution is 5.83. The molecule has 0 bridgehead atoms. The molecule has 0 amide bonds. The van der Waals surface area contributed by atoms with Gasteiger partial charge in [0.25, 0.3) is 0 Å². The zero-order chi connectivity index (χ0) is 13.1. The molecule has 98 valence electrons. The van der Waals surface area contributed by atoms with E-state index in [0.717, 1.165) is 12.8 Å². The molecule has 1 saturated carbocycles. The molecule has 0 aliphatic heterocycles. The standard InChI is InChI=1S/C13H19N3O2/c1-9-8-11(15-12(14-9)13(17)18)16(2)10-6-4-3-5-7-10/h8,10H,3-7H2,1-2H3,(H,17,18). The molecule has 1 aliphatic rings. The van der Waals surface area contributed by atoms with Gasteiger partial charge >= 0.3 is 5.97 Å². The Hall–Kier alpha value is -1.65. The summed E-state index contributed by atoms with van der Waals surface area (Å²) in [5.74, 6) is -0.476. The van der Waals surface area contributed by atoms with Crippen molar-refractivity contribution in [3.8, 4) is 0 Å². The van der Waals surface area contributed by atoms with Crippen LogP contribution in [0.4, 0.5) is 5.82 Å². The first-order chi connectivity index (χ1) is 8.58. The fourth-order valence-corrected chi connectivity index (χ4v) is 2.48. The van der Waals surface area contributed by atoms with Gasteiger partial charge in [-0.05, 0) is 19.8 Å². The molecule has 1 fully saturated rings. The Kier molecular flexibility index (Phi) is 3.79. The third kappa shape index (κ3) is 2.78. The highest BCUT2D eigenvalue weighted by atomic mass is 16.4. The van der Waals surface area contributed by atoms with Crippen molar-refractivity contribution in [1.82, 2.24) is 9.97 Å². The van der Waals surface area contributed by atoms with Gasteiger partial charge in [0.05, 0.1) is 0 Å². The minimum absolute atomic E-state index is 0.118. The Bertz CT molecular complexity index is 442. The first kappa shape index (κ1) is 12.8. The number of aromatic carboxylic acids is 1. The van der Waals surface area contributed by atoms with Gasteiger partial charge in [0.1, 0.15) is 5.82 Å². The van der Waals surface area contributed by atoms with Crippen molar-refractivity contribution < 1.29 is 9.90 Å². The second-order valence-corrected chi connectivity index (χ2v) is 4.90. The summed E-state index contributed by atoms with van der Waals surface area (Å²) in [4.78, 5) is 21.1. The van der Waals surface area contributed by atoms with Crippen molar-refractivity contribution >= 4 is 11.8 Å². The Labute approximate surface area is 107 Å². The van der Waals surface area contributed by atoms with E-state index in [9.17, 15) is 4.79 Å². The summed E-state index contributed by atoms with van der Waals surface area (Å²) in [6.07, 6.45) is 6.09. The van der Waals surface area contributed by atoms with Gasteiger partial charge in [-0.15, -0.1) is 0 Å². The summed E-state index contributed by atoms with van der Waals surface area (Å²) in [6.45, 7) is 1.80. The second-order valence-electron chi connectivity index (χ2n) is 4.90. The molecule has 1 aromatic rings. The molecular weight excluding hydrogens is 230 g/mol. The van der Waals surface area contributed by atoms with Crippen molar-refractivity contribution in [2.24, 2.45) is 0 Å². The fraction of sp³-hybridized carbons (Fsp3) is 0.615. The van der Waals surface area contributed by atoms with Crippen LogP contribution in [0.15, 0.2) is 6.07 Å². The van der Waals surface area contributed by atoms with E-state index in [2.05, 4.69) is 14.9 Å². The maximum absolute atomic E-state index is 11.0. The van der Waals surface area contributed by atoms with Gasteiger partial charge in [0.15, 0.2) is 0 Å². The lowest BCUT2D eigenvalue weighted by Crippen LogP contribution is -2.34. The molecule has 18 heavy (non-hydrogen) atoms. The molecule has 0 unspecified atom stereocenters. The summed E-state index contributed by atoms with van der Waals surface area (Å²) >= 11 is 0. The number of hydrogen-bond acceptors (Lipinski definition) is 4. The highest BCUT2D eigenvalue weighted by Crippen LogP contribution is 2.25. The summed E-state index contributed by atoms with van der Waals surface area (Å²) in [7, 11) is 1.99. The van der Waals surface area contributed by atoms with E-state index < -0.39 is 5.97 Å². The van der Waals surface area contributed by atoms with Crippen molar-refractivity contribution in [3.63, 3.8) is 0 Å². The monoisotopic (exact) mass is 249 g/mol. The number of aryl methyl sites for hydroxylation is 1.